The van der Waals surface area contributed by atoms with E-state index in [9.17, 15) is 19.4 Å². The van der Waals surface area contributed by atoms with Crippen LogP contribution in [0, 0.1) is 0 Å². The second kappa shape index (κ2) is 59.6. The molecule has 0 rings (SSSR count). The van der Waals surface area contributed by atoms with Crippen LogP contribution in [-0.4, -0.2) is 68.5 Å². The van der Waals surface area contributed by atoms with E-state index in [4.69, 9.17) is 9.05 Å². The molecule has 458 valence electrons. The zero-order valence-electron chi connectivity index (χ0n) is 52.4. The number of nitrogens with zero attached hydrogens (tertiary/aromatic N) is 1. The summed E-state index contributed by atoms with van der Waals surface area (Å²) in [5, 5.41) is 14.1. The summed E-state index contributed by atoms with van der Waals surface area (Å²) >= 11 is 0. The van der Waals surface area contributed by atoms with E-state index in [0.29, 0.717) is 23.9 Å². The van der Waals surface area contributed by atoms with Crippen molar-refractivity contribution < 1.29 is 32.9 Å². The fourth-order valence-electron chi connectivity index (χ4n) is 10.6. The minimum Gasteiger partial charge on any atom is -0.756 e. The molecule has 1 amide bonds. The molecule has 0 aromatic heterocycles. The van der Waals surface area contributed by atoms with Crippen LogP contribution in [0.15, 0.2) is 24.3 Å². The molecule has 0 aromatic rings. The van der Waals surface area contributed by atoms with E-state index in [1.54, 1.807) is 0 Å². The summed E-state index contributed by atoms with van der Waals surface area (Å²) in [5.41, 5.74) is 0. The van der Waals surface area contributed by atoms with Gasteiger partial charge < -0.3 is 28.8 Å². The SMILES string of the molecule is CCCCCCC/C=C\C/C=C\CCCCCCCCCCCCCCCC(=O)NC(COP(=O)([O-])OCC[N+](C)(C)C)C(O)CCCCCCCCCCCCCCCCCCCCCCCCCCCCCCCC. The third-order valence-corrected chi connectivity index (χ3v) is 16.9. The van der Waals surface area contributed by atoms with Gasteiger partial charge in [-0.1, -0.05) is 327 Å². The van der Waals surface area contributed by atoms with E-state index in [2.05, 4.69) is 43.5 Å². The molecular formula is C68H135N2O6P. The molecule has 8 nitrogen and oxygen atoms in total. The summed E-state index contributed by atoms with van der Waals surface area (Å²) in [5.74, 6) is -0.159. The minimum atomic E-state index is -4.58. The highest BCUT2D eigenvalue weighted by molar-refractivity contribution is 7.45. The topological polar surface area (TPSA) is 108 Å². The lowest BCUT2D eigenvalue weighted by Gasteiger charge is -2.30. The lowest BCUT2D eigenvalue weighted by Crippen LogP contribution is -2.46. The highest BCUT2D eigenvalue weighted by Gasteiger charge is 2.24. The average Bonchev–Trinajstić information content (AvgIpc) is 3.39. The molecule has 0 aliphatic heterocycles. The molecule has 0 spiro atoms. The van der Waals surface area contributed by atoms with Gasteiger partial charge in [-0.15, -0.1) is 0 Å². The van der Waals surface area contributed by atoms with E-state index >= 15 is 0 Å². The van der Waals surface area contributed by atoms with Crippen LogP contribution >= 0.6 is 7.82 Å². The molecule has 0 radical (unpaired) electrons. The molecule has 0 fully saturated rings. The van der Waals surface area contributed by atoms with E-state index < -0.39 is 20.0 Å². The molecule has 77 heavy (non-hydrogen) atoms. The first kappa shape index (κ1) is 76.0. The first-order valence-electron chi connectivity index (χ1n) is 34.2. The molecule has 0 aliphatic rings. The van der Waals surface area contributed by atoms with Gasteiger partial charge in [0.2, 0.25) is 5.91 Å². The standard InChI is InChI=1S/C68H135N2O6P/c1-6-8-10-12-14-16-18-20-22-24-26-28-30-32-33-34-35-36-38-39-41-43-45-47-49-51-53-55-57-59-61-67(71)66(65-76-77(73,74)75-64-63-70(3,4)5)69-68(72)62-60-58-56-54-52-50-48-46-44-42-40-37-31-29-27-25-23-21-19-17-15-13-11-9-7-2/h19,21,25,27,66-67,71H,6-18,20,22-24,26,28-65H2,1-5H3,(H-,69,72,73,74)/b21-19-,27-25-. The number of aliphatic hydroxyl groups excluding tert-OH is 1. The van der Waals surface area contributed by atoms with Gasteiger partial charge >= 0.3 is 0 Å². The number of quaternary nitrogens is 1. The van der Waals surface area contributed by atoms with Crippen LogP contribution in [0.2, 0.25) is 0 Å². The predicted molar refractivity (Wildman–Crippen MR) is 335 cm³/mol. The summed E-state index contributed by atoms with van der Waals surface area (Å²) in [6.45, 7) is 4.77. The first-order chi connectivity index (χ1) is 37.5. The van der Waals surface area contributed by atoms with E-state index in [1.165, 1.54) is 283 Å². The largest absolute Gasteiger partial charge is 0.756 e. The molecule has 0 aromatic carbocycles. The van der Waals surface area contributed by atoms with Gasteiger partial charge in [-0.2, -0.15) is 0 Å². The first-order valence-corrected chi connectivity index (χ1v) is 35.6. The van der Waals surface area contributed by atoms with E-state index in [-0.39, 0.29) is 19.1 Å². The van der Waals surface area contributed by atoms with Gasteiger partial charge in [0.1, 0.15) is 13.2 Å². The summed E-state index contributed by atoms with van der Waals surface area (Å²) in [6, 6.07) is -0.801. The number of phosphoric acid groups is 1. The van der Waals surface area contributed by atoms with Gasteiger partial charge in [-0.25, -0.2) is 0 Å². The number of phosphoric ester groups is 1. The number of nitrogens with one attached hydrogen (secondary N) is 1. The van der Waals surface area contributed by atoms with Gasteiger partial charge in [-0.05, 0) is 44.9 Å². The third kappa shape index (κ3) is 62.4. The molecule has 0 aliphatic carbocycles. The number of carbonyl (C=O) groups excluding carboxylic acids is 1. The zero-order chi connectivity index (χ0) is 56.3. The smallest absolute Gasteiger partial charge is 0.268 e. The number of carbonyl (C=O) groups is 1. The molecule has 2 N–H and O–H groups in total. The van der Waals surface area contributed by atoms with E-state index in [0.717, 1.165) is 44.9 Å². The molecule has 3 atom stereocenters. The molecule has 0 heterocycles. The number of amides is 1. The molecule has 9 heteroatoms. The van der Waals surface area contributed by atoms with Gasteiger partial charge in [0.25, 0.3) is 7.82 Å². The van der Waals surface area contributed by atoms with Crippen molar-refractivity contribution in [2.45, 2.75) is 366 Å². The van der Waals surface area contributed by atoms with Crippen LogP contribution in [0.25, 0.3) is 0 Å². The summed E-state index contributed by atoms with van der Waals surface area (Å²) in [7, 11) is 1.32. The van der Waals surface area contributed by atoms with Gasteiger partial charge in [-0.3, -0.25) is 9.36 Å². The fraction of sp³-hybridized carbons (Fsp3) is 0.926. The normalized spacial score (nSPS) is 13.8. The molecular weight excluding hydrogens is 972 g/mol. The van der Waals surface area contributed by atoms with Crippen LogP contribution in [0.1, 0.15) is 354 Å². The van der Waals surface area contributed by atoms with Crippen LogP contribution in [0.3, 0.4) is 0 Å². The Morgan fingerprint density at radius 2 is 0.753 bits per heavy atom. The Kier molecular flexibility index (Phi) is 58.8. The minimum absolute atomic E-state index is 0.0140. The monoisotopic (exact) mass is 1110 g/mol. The maximum atomic E-state index is 13.0. The van der Waals surface area contributed by atoms with E-state index in [1.807, 2.05) is 21.1 Å². The molecule has 0 bridgehead atoms. The number of likely N-dealkylation sites (N-methyl/N-ethyl adjacent to an activating group) is 1. The van der Waals surface area contributed by atoms with Crippen molar-refractivity contribution in [3.8, 4) is 0 Å². The Morgan fingerprint density at radius 1 is 0.455 bits per heavy atom. The van der Waals surface area contributed by atoms with Crippen molar-refractivity contribution in [2.75, 3.05) is 40.9 Å². The van der Waals surface area contributed by atoms with Crippen LogP contribution in [0.4, 0.5) is 0 Å². The highest BCUT2D eigenvalue weighted by atomic mass is 31.2. The molecule has 0 saturated heterocycles. The lowest BCUT2D eigenvalue weighted by molar-refractivity contribution is -0.870. The number of rotatable bonds is 64. The molecule has 0 saturated carbocycles. The maximum Gasteiger partial charge on any atom is 0.268 e. The van der Waals surface area contributed by atoms with Crippen LogP contribution in [0.5, 0.6) is 0 Å². The number of unbranched alkanes of at least 4 members (excludes halogenated alkanes) is 47. The quantitative estimate of drug-likeness (QED) is 0.0272. The lowest BCUT2D eigenvalue weighted by atomic mass is 10.0. The summed E-state index contributed by atoms with van der Waals surface area (Å²) in [4.78, 5) is 25.6. The summed E-state index contributed by atoms with van der Waals surface area (Å²) in [6.07, 6.45) is 76.7. The van der Waals surface area contributed by atoms with Gasteiger partial charge in [0.05, 0.1) is 39.9 Å². The Balaban J connectivity index is 4.02. The van der Waals surface area contributed by atoms with Crippen molar-refractivity contribution in [1.82, 2.24) is 5.32 Å². The van der Waals surface area contributed by atoms with Crippen LogP contribution < -0.4 is 10.2 Å². The fourth-order valence-corrected chi connectivity index (χ4v) is 11.3. The Labute approximate surface area is 481 Å². The number of allylic oxidation sites excluding steroid dienone is 4. The number of aliphatic hydroxyl groups is 1. The van der Waals surface area contributed by atoms with Crippen molar-refractivity contribution in [3.05, 3.63) is 24.3 Å². The highest BCUT2D eigenvalue weighted by Crippen LogP contribution is 2.38. The zero-order valence-corrected chi connectivity index (χ0v) is 53.3. The Bertz CT molecular complexity index is 1300. The predicted octanol–water partition coefficient (Wildman–Crippen LogP) is 20.9. The third-order valence-electron chi connectivity index (χ3n) is 15.9. The number of hydrogen-bond donors (Lipinski definition) is 2. The van der Waals surface area contributed by atoms with Crippen molar-refractivity contribution in [2.24, 2.45) is 0 Å². The Morgan fingerprint density at radius 3 is 1.08 bits per heavy atom. The Hall–Kier alpha value is -1.02. The van der Waals surface area contributed by atoms with Crippen molar-refractivity contribution in [3.63, 3.8) is 0 Å². The van der Waals surface area contributed by atoms with Crippen molar-refractivity contribution >= 4 is 13.7 Å². The number of hydrogen-bond acceptors (Lipinski definition) is 6. The van der Waals surface area contributed by atoms with Gasteiger partial charge in [0.15, 0.2) is 0 Å². The van der Waals surface area contributed by atoms with Gasteiger partial charge in [0, 0.05) is 6.42 Å². The second-order valence-electron chi connectivity index (χ2n) is 24.9. The van der Waals surface area contributed by atoms with Crippen molar-refractivity contribution in [1.29, 1.82) is 0 Å². The molecule has 3 unspecified atom stereocenters. The van der Waals surface area contributed by atoms with Crippen LogP contribution in [-0.2, 0) is 18.4 Å². The summed E-state index contributed by atoms with van der Waals surface area (Å²) < 4.78 is 23.5. The average molecular weight is 1110 g/mol. The maximum absolute atomic E-state index is 13.0. The second-order valence-corrected chi connectivity index (χ2v) is 26.3.